The van der Waals surface area contributed by atoms with Gasteiger partial charge in [-0.3, -0.25) is 52.9 Å². The van der Waals surface area contributed by atoms with Crippen molar-refractivity contribution < 1.29 is 53.1 Å². The third-order valence-electron chi connectivity index (χ3n) is 12.7. The minimum absolute atomic E-state index is 0.0169. The molecule has 26 heteroatoms. The fraction of sp³-hybridized carbons (Fsp3) is 0.788. The van der Waals surface area contributed by atoms with Crippen LogP contribution in [0.4, 0.5) is 0 Å². The summed E-state index contributed by atoms with van der Waals surface area (Å²) in [6, 6.07) is -9.76. The highest BCUT2D eigenvalue weighted by atomic mass is 16.3. The maximum atomic E-state index is 14.4. The number of carbonyl (C=O) groups excluding carboxylic acids is 10. The third kappa shape index (κ3) is 30.2. The second-order valence-corrected chi connectivity index (χ2v) is 21.3. The Bertz CT molecular complexity index is 1930. The van der Waals surface area contributed by atoms with E-state index in [1.165, 1.54) is 13.8 Å². The number of nitrogens with two attached hydrogens (primary N) is 5. The number of amides is 9. The Morgan fingerprint density at radius 2 is 0.859 bits per heavy atom. The smallest absolute Gasteiger partial charge is 0.245 e. The molecule has 0 aromatic carbocycles. The molecule has 0 heterocycles. The molecule has 0 unspecified atom stereocenters. The molecule has 0 bridgehead atoms. The van der Waals surface area contributed by atoms with Crippen molar-refractivity contribution in [3.63, 3.8) is 0 Å². The van der Waals surface area contributed by atoms with Gasteiger partial charge in [0.15, 0.2) is 11.7 Å². The van der Waals surface area contributed by atoms with Gasteiger partial charge >= 0.3 is 0 Å². The highest BCUT2D eigenvalue weighted by molar-refractivity contribution is 5.98. The first kappa shape index (κ1) is 72.0. The normalized spacial score (nSPS) is 15.1. The van der Waals surface area contributed by atoms with E-state index in [1.54, 1.807) is 13.8 Å². The molecule has 0 aromatic heterocycles. The Labute approximate surface area is 461 Å². The molecule has 26 nitrogen and oxygen atoms in total. The van der Waals surface area contributed by atoms with Gasteiger partial charge in [-0.1, -0.05) is 61.8 Å². The third-order valence-corrected chi connectivity index (χ3v) is 12.7. The molecular formula is C52H99N15O11. The number of ketones is 1. The van der Waals surface area contributed by atoms with Crippen LogP contribution in [0, 0.1) is 23.7 Å². The van der Waals surface area contributed by atoms with Gasteiger partial charge in [0.05, 0.1) is 18.7 Å². The quantitative estimate of drug-likeness (QED) is 0.0175. The molecule has 0 saturated carbocycles. The van der Waals surface area contributed by atoms with Crippen molar-refractivity contribution in [3.8, 4) is 0 Å². The number of rotatable bonds is 41. The number of aliphatic hydroxyl groups is 1. The largest absolute Gasteiger partial charge is 0.391 e. The molecule has 0 rings (SSSR count). The molecule has 0 aliphatic rings. The van der Waals surface area contributed by atoms with E-state index in [-0.39, 0.29) is 107 Å². The van der Waals surface area contributed by atoms with Crippen molar-refractivity contribution in [1.82, 2.24) is 47.9 Å². The monoisotopic (exact) mass is 1110 g/mol. The lowest BCUT2D eigenvalue weighted by Crippen LogP contribution is -2.62. The molecular weight excluding hydrogens is 1010 g/mol. The zero-order valence-corrected chi connectivity index (χ0v) is 48.1. The van der Waals surface area contributed by atoms with Gasteiger partial charge in [-0.15, -0.1) is 0 Å². The van der Waals surface area contributed by atoms with Crippen LogP contribution in [0.5, 0.6) is 0 Å². The molecule has 0 spiro atoms. The number of hydrogen-bond acceptors (Lipinski definition) is 15. The first-order chi connectivity index (χ1) is 36.6. The van der Waals surface area contributed by atoms with Gasteiger partial charge in [0.1, 0.15) is 42.3 Å². The highest BCUT2D eigenvalue weighted by Crippen LogP contribution is 2.15. The Kier molecular flexibility index (Phi) is 36.4. The van der Waals surface area contributed by atoms with Gasteiger partial charge in [-0.25, -0.2) is 0 Å². The molecule has 0 fully saturated rings. The molecule has 78 heavy (non-hydrogen) atoms. The number of carbonyl (C=O) groups is 10. The zero-order chi connectivity index (χ0) is 59.7. The molecule has 0 aromatic rings. The number of aliphatic hydroxyl groups excluding tert-OH is 1. The minimum atomic E-state index is -1.60. The summed E-state index contributed by atoms with van der Waals surface area (Å²) in [5.74, 6) is -7.43. The summed E-state index contributed by atoms with van der Waals surface area (Å²) in [6.45, 7) is 17.6. The predicted octanol–water partition coefficient (Wildman–Crippen LogP) is -2.20. The number of nitrogens with one attached hydrogen (secondary N) is 9. The van der Waals surface area contributed by atoms with Crippen molar-refractivity contribution in [2.75, 3.05) is 32.7 Å². The first-order valence-electron chi connectivity index (χ1n) is 27.6. The summed E-state index contributed by atoms with van der Waals surface area (Å²) in [4.78, 5) is 139. The molecule has 0 aliphatic heterocycles. The fourth-order valence-electron chi connectivity index (χ4n) is 8.11. The SMILES string of the molecule is CC[C@H](C)[C@H](NC(=O)[C@H](CCCN=C(N)N)NC(=O)[C@H](CCCCN)NC(=O)[C@H](CC(C)C)NC(=O)CCNC(=O)CN)C(=O)N[C@@H](CCCCN)C(=O)N[C@H](C(=O)N[C@@H](CC(C)C)C(=O)N[C@@H](CC(C)C)C(C)=O)[C@@H](C)O. The number of guanidine groups is 1. The zero-order valence-electron chi connectivity index (χ0n) is 48.1. The fourth-order valence-corrected chi connectivity index (χ4v) is 8.11. The van der Waals surface area contributed by atoms with Gasteiger partial charge in [0, 0.05) is 19.5 Å². The summed E-state index contributed by atoms with van der Waals surface area (Å²) >= 11 is 0. The van der Waals surface area contributed by atoms with Crippen LogP contribution in [-0.2, 0) is 47.9 Å². The van der Waals surface area contributed by atoms with E-state index in [2.05, 4.69) is 52.8 Å². The van der Waals surface area contributed by atoms with Crippen LogP contribution in [0.1, 0.15) is 153 Å². The van der Waals surface area contributed by atoms with Gasteiger partial charge < -0.3 is 81.6 Å². The summed E-state index contributed by atoms with van der Waals surface area (Å²) in [5, 5.41) is 34.9. The Morgan fingerprint density at radius 3 is 1.28 bits per heavy atom. The van der Waals surface area contributed by atoms with Crippen LogP contribution in [0.2, 0.25) is 0 Å². The van der Waals surface area contributed by atoms with E-state index in [9.17, 15) is 53.1 Å². The van der Waals surface area contributed by atoms with Crippen LogP contribution in [0.25, 0.3) is 0 Å². The van der Waals surface area contributed by atoms with Gasteiger partial charge in [0.2, 0.25) is 53.2 Å². The molecule has 10 atom stereocenters. The van der Waals surface area contributed by atoms with Crippen LogP contribution < -0.4 is 76.5 Å². The number of Topliss-reactive ketones (excluding diaryl/α,β-unsaturated/α-hetero) is 1. The average molecular weight is 1110 g/mol. The van der Waals surface area contributed by atoms with Crippen molar-refractivity contribution in [3.05, 3.63) is 0 Å². The first-order valence-corrected chi connectivity index (χ1v) is 27.6. The Morgan fingerprint density at radius 1 is 0.474 bits per heavy atom. The molecule has 448 valence electrons. The van der Waals surface area contributed by atoms with E-state index in [0.717, 1.165) is 0 Å². The summed E-state index contributed by atoms with van der Waals surface area (Å²) < 4.78 is 0. The minimum Gasteiger partial charge on any atom is -0.391 e. The second-order valence-electron chi connectivity index (χ2n) is 21.3. The van der Waals surface area contributed by atoms with E-state index in [1.807, 2.05) is 41.5 Å². The van der Waals surface area contributed by atoms with Crippen molar-refractivity contribution >= 4 is 64.9 Å². The summed E-state index contributed by atoms with van der Waals surface area (Å²) in [5.41, 5.74) is 28.0. The summed E-state index contributed by atoms with van der Waals surface area (Å²) in [7, 11) is 0. The number of hydrogen-bond donors (Lipinski definition) is 15. The number of nitrogens with zero attached hydrogens (tertiary/aromatic N) is 1. The van der Waals surface area contributed by atoms with Crippen molar-refractivity contribution in [2.45, 2.75) is 207 Å². The van der Waals surface area contributed by atoms with Crippen LogP contribution in [0.3, 0.4) is 0 Å². The molecule has 0 radical (unpaired) electrons. The maximum absolute atomic E-state index is 14.4. The summed E-state index contributed by atoms with van der Waals surface area (Å²) in [6.07, 6.45) is 1.41. The van der Waals surface area contributed by atoms with Crippen LogP contribution >= 0.6 is 0 Å². The van der Waals surface area contributed by atoms with Crippen molar-refractivity contribution in [2.24, 2.45) is 57.3 Å². The topological polar surface area (TPSA) is 442 Å². The molecule has 9 amide bonds. The van der Waals surface area contributed by atoms with Gasteiger partial charge in [-0.05, 0) is 121 Å². The predicted molar refractivity (Wildman–Crippen MR) is 298 cm³/mol. The average Bonchev–Trinajstić information content (AvgIpc) is 3.35. The van der Waals surface area contributed by atoms with Crippen LogP contribution in [-0.4, -0.2) is 157 Å². The molecule has 20 N–H and O–H groups in total. The lowest BCUT2D eigenvalue weighted by molar-refractivity contribution is -0.137. The van der Waals surface area contributed by atoms with Crippen molar-refractivity contribution in [1.29, 1.82) is 0 Å². The number of aliphatic imine (C=N–C) groups is 1. The van der Waals surface area contributed by atoms with E-state index in [0.29, 0.717) is 38.5 Å². The number of unbranched alkanes of at least 4 members (excludes halogenated alkanes) is 2. The lowest BCUT2D eigenvalue weighted by Gasteiger charge is -2.30. The second kappa shape index (κ2) is 39.4. The Hall–Kier alpha value is -5.99. The van der Waals surface area contributed by atoms with E-state index < -0.39 is 114 Å². The maximum Gasteiger partial charge on any atom is 0.245 e. The lowest BCUT2D eigenvalue weighted by atomic mass is 9.96. The van der Waals surface area contributed by atoms with E-state index >= 15 is 0 Å². The molecule has 0 aliphatic carbocycles. The molecule has 0 saturated heterocycles. The Balaban J connectivity index is 6.88. The van der Waals surface area contributed by atoms with Crippen LogP contribution in [0.15, 0.2) is 4.99 Å². The highest BCUT2D eigenvalue weighted by Gasteiger charge is 2.37. The van der Waals surface area contributed by atoms with Gasteiger partial charge in [-0.2, -0.15) is 0 Å². The van der Waals surface area contributed by atoms with Gasteiger partial charge in [0.25, 0.3) is 0 Å². The van der Waals surface area contributed by atoms with E-state index in [4.69, 9.17) is 28.7 Å². The standard InChI is InChI=1S/C52H99N15O11/c1-11-32(8)43(50(77)63-36(18-13-15-22-54)47(74)67-44(34(10)69)51(78)65-40(27-31(6)7)49(76)64-38(33(9)68)25-29(2)3)66-46(73)37(19-16-23-59-52(56)57)61-45(72)35(17-12-14-21-53)62-48(75)39(26-30(4)5)60-41(70)20-24-58-42(71)28-55/h29-32,34-40,43-44,69H,11-28,53-55H2,1-10H3,(H,58,71)(H,60,70)(H,61,72)(H,62,75)(H,63,77)(H,64,76)(H,65,78)(H,66,73)(H,67,74)(H4,56,57,59)/t32-,34+,35-,36-,37-,38-,39-,40-,43-,44-/m0/s1.